The van der Waals surface area contributed by atoms with Gasteiger partial charge in [-0.25, -0.2) is 4.21 Å². The number of anilines is 3. The van der Waals surface area contributed by atoms with Crippen LogP contribution in [-0.2, 0) is 11.0 Å². The molecule has 0 fully saturated rings. The van der Waals surface area contributed by atoms with E-state index in [0.29, 0.717) is 10.7 Å². The van der Waals surface area contributed by atoms with E-state index in [4.69, 9.17) is 11.6 Å². The van der Waals surface area contributed by atoms with E-state index in [9.17, 15) is 13.8 Å². The van der Waals surface area contributed by atoms with Crippen molar-refractivity contribution in [1.82, 2.24) is 0 Å². The van der Waals surface area contributed by atoms with Gasteiger partial charge in [0.05, 0.1) is 4.75 Å². The molecule has 2 rings (SSSR count). The molecule has 2 aromatic rings. The van der Waals surface area contributed by atoms with Crippen LogP contribution in [0.1, 0.15) is 20.8 Å². The Morgan fingerprint density at radius 1 is 1.00 bits per heavy atom. The predicted molar refractivity (Wildman–Crippen MR) is 87.6 cm³/mol. The molecule has 0 aliphatic rings. The van der Waals surface area contributed by atoms with Crippen LogP contribution in [0.4, 0.5) is 17.1 Å². The van der Waals surface area contributed by atoms with Crippen LogP contribution in [0.2, 0.25) is 5.02 Å². The quantitative estimate of drug-likeness (QED) is 0.847. The Kier molecular flexibility index (Phi) is 4.20. The van der Waals surface area contributed by atoms with Crippen molar-refractivity contribution in [1.29, 1.82) is 0 Å². The van der Waals surface area contributed by atoms with Crippen LogP contribution in [0.3, 0.4) is 0 Å². The molecule has 21 heavy (non-hydrogen) atoms. The summed E-state index contributed by atoms with van der Waals surface area (Å²) in [6.07, 6.45) is 0. The zero-order chi connectivity index (χ0) is 15.8. The number of hydrogen-bond donors (Lipinski definition) is 2. The maximum atomic E-state index is 12.0. The third kappa shape index (κ3) is 3.33. The molecular weight excluding hydrogens is 312 g/mol. The second-order valence-corrected chi connectivity index (χ2v) is 7.93. The minimum Gasteiger partial charge on any atom is -0.350 e. The molecule has 7 heteroatoms. The Morgan fingerprint density at radius 3 is 2.05 bits per heavy atom. The minimum absolute atomic E-state index is 0.0585. The highest BCUT2D eigenvalue weighted by Crippen LogP contribution is 2.24. The zero-order valence-electron chi connectivity index (χ0n) is 11.8. The maximum absolute atomic E-state index is 12.0. The van der Waals surface area contributed by atoms with Crippen LogP contribution in [0.15, 0.2) is 33.9 Å². The standard InChI is InChI=1S/C14H15ClN2O3S/c1-14(2,3)21(20)17-11-10(12(18)13(11)19)16-9-6-4-8(15)5-7-9/h4-7,16-17H,1-3H3. The van der Waals surface area contributed by atoms with Crippen molar-refractivity contribution < 1.29 is 4.21 Å². The normalized spacial score (nSPS) is 13.1. The third-order valence-corrected chi connectivity index (χ3v) is 4.53. The monoisotopic (exact) mass is 326 g/mol. The Hall–Kier alpha value is -1.66. The number of nitrogens with one attached hydrogen (secondary N) is 2. The highest BCUT2D eigenvalue weighted by Gasteiger charge is 2.27. The average Bonchev–Trinajstić information content (AvgIpc) is 2.42. The summed E-state index contributed by atoms with van der Waals surface area (Å²) in [6, 6.07) is 6.69. The maximum Gasteiger partial charge on any atom is 0.254 e. The van der Waals surface area contributed by atoms with Crippen LogP contribution in [0, 0.1) is 0 Å². The number of benzene rings is 1. The molecule has 2 aromatic carbocycles. The first-order chi connectivity index (χ1) is 9.70. The lowest BCUT2D eigenvalue weighted by atomic mass is 10.2. The molecule has 0 saturated heterocycles. The van der Waals surface area contributed by atoms with Gasteiger partial charge in [0.1, 0.15) is 22.4 Å². The number of halogens is 1. The molecule has 0 aromatic heterocycles. The van der Waals surface area contributed by atoms with Crippen LogP contribution in [0.25, 0.3) is 0 Å². The van der Waals surface area contributed by atoms with Crippen molar-refractivity contribution in [3.05, 3.63) is 49.7 Å². The highest BCUT2D eigenvalue weighted by atomic mass is 35.5. The van der Waals surface area contributed by atoms with Gasteiger partial charge in [-0.3, -0.25) is 14.3 Å². The van der Waals surface area contributed by atoms with Crippen molar-refractivity contribution in [3.63, 3.8) is 0 Å². The Balaban J connectivity index is 2.24. The van der Waals surface area contributed by atoms with Crippen molar-refractivity contribution in [2.75, 3.05) is 10.0 Å². The molecule has 0 bridgehead atoms. The molecule has 1 unspecified atom stereocenters. The molecule has 5 nitrogen and oxygen atoms in total. The summed E-state index contributed by atoms with van der Waals surface area (Å²) in [7, 11) is -1.48. The van der Waals surface area contributed by atoms with Gasteiger partial charge in [-0.15, -0.1) is 0 Å². The summed E-state index contributed by atoms with van der Waals surface area (Å²) in [5.41, 5.74) is -0.485. The van der Waals surface area contributed by atoms with Gasteiger partial charge in [-0.05, 0) is 45.0 Å². The second kappa shape index (κ2) is 5.61. The van der Waals surface area contributed by atoms with Gasteiger partial charge >= 0.3 is 0 Å². The number of rotatable bonds is 4. The van der Waals surface area contributed by atoms with Crippen LogP contribution in [-0.4, -0.2) is 8.96 Å². The Labute approximate surface area is 129 Å². The summed E-state index contributed by atoms with van der Waals surface area (Å²) < 4.78 is 14.1. The van der Waals surface area contributed by atoms with Gasteiger partial charge in [0, 0.05) is 10.7 Å². The molecule has 0 aliphatic heterocycles. The van der Waals surface area contributed by atoms with E-state index in [1.165, 1.54) is 0 Å². The molecule has 0 amide bonds. The molecule has 0 saturated carbocycles. The van der Waals surface area contributed by atoms with Crippen molar-refractivity contribution in [2.45, 2.75) is 25.5 Å². The SMILES string of the molecule is CC(C)(C)S(=O)Nc1c(Nc2ccc(Cl)cc2)c(=O)c1=O. The van der Waals surface area contributed by atoms with Crippen LogP contribution in [0.5, 0.6) is 0 Å². The summed E-state index contributed by atoms with van der Waals surface area (Å²) in [4.78, 5) is 23.3. The molecule has 0 radical (unpaired) electrons. The fourth-order valence-electron chi connectivity index (χ4n) is 1.53. The topological polar surface area (TPSA) is 75.3 Å². The molecule has 112 valence electrons. The largest absolute Gasteiger partial charge is 0.350 e. The average molecular weight is 327 g/mol. The molecule has 0 aliphatic carbocycles. The highest BCUT2D eigenvalue weighted by molar-refractivity contribution is 7.87. The predicted octanol–water partition coefficient (Wildman–Crippen LogP) is 2.55. The minimum atomic E-state index is -1.48. The van der Waals surface area contributed by atoms with Crippen LogP contribution < -0.4 is 20.9 Å². The summed E-state index contributed by atoms with van der Waals surface area (Å²) in [5, 5.41) is 3.41. The first kappa shape index (κ1) is 15.7. The van der Waals surface area contributed by atoms with Gasteiger partial charge in [0.2, 0.25) is 0 Å². The first-order valence-electron chi connectivity index (χ1n) is 6.24. The Morgan fingerprint density at radius 2 is 1.52 bits per heavy atom. The Bertz CT molecular complexity index is 756. The summed E-state index contributed by atoms with van der Waals surface area (Å²) in [5.74, 6) is 0. The van der Waals surface area contributed by atoms with E-state index < -0.39 is 26.6 Å². The van der Waals surface area contributed by atoms with Crippen LogP contribution >= 0.6 is 11.6 Å². The zero-order valence-corrected chi connectivity index (χ0v) is 13.4. The van der Waals surface area contributed by atoms with E-state index in [2.05, 4.69) is 10.0 Å². The van der Waals surface area contributed by atoms with Gasteiger partial charge in [-0.1, -0.05) is 11.6 Å². The fourth-order valence-corrected chi connectivity index (χ4v) is 2.34. The lowest BCUT2D eigenvalue weighted by molar-refractivity contribution is 0.653. The molecule has 2 N–H and O–H groups in total. The molecule has 0 spiro atoms. The smallest absolute Gasteiger partial charge is 0.254 e. The first-order valence-corrected chi connectivity index (χ1v) is 7.77. The van der Waals surface area contributed by atoms with Gasteiger partial charge in [-0.2, -0.15) is 0 Å². The lowest BCUT2D eigenvalue weighted by Gasteiger charge is -2.21. The molecule has 1 atom stereocenters. The second-order valence-electron chi connectivity index (χ2n) is 5.52. The van der Waals surface area contributed by atoms with E-state index >= 15 is 0 Å². The summed E-state index contributed by atoms with van der Waals surface area (Å²) in [6.45, 7) is 5.32. The van der Waals surface area contributed by atoms with Crippen molar-refractivity contribution in [2.24, 2.45) is 0 Å². The molecule has 0 heterocycles. The van der Waals surface area contributed by atoms with E-state index in [0.717, 1.165) is 0 Å². The van der Waals surface area contributed by atoms with Crippen molar-refractivity contribution in [3.8, 4) is 0 Å². The summed E-state index contributed by atoms with van der Waals surface area (Å²) >= 11 is 5.78. The third-order valence-electron chi connectivity index (χ3n) is 2.77. The lowest BCUT2D eigenvalue weighted by Crippen LogP contribution is -2.39. The van der Waals surface area contributed by atoms with E-state index in [1.54, 1.807) is 45.0 Å². The van der Waals surface area contributed by atoms with Gasteiger partial charge < -0.3 is 5.32 Å². The van der Waals surface area contributed by atoms with Gasteiger partial charge in [0.25, 0.3) is 10.9 Å². The number of hydrogen-bond acceptors (Lipinski definition) is 4. The van der Waals surface area contributed by atoms with Gasteiger partial charge in [0.15, 0.2) is 0 Å². The molecular formula is C14H15ClN2O3S. The fraction of sp³-hybridized carbons (Fsp3) is 0.286. The van der Waals surface area contributed by atoms with E-state index in [-0.39, 0.29) is 11.4 Å². The van der Waals surface area contributed by atoms with Crippen molar-refractivity contribution >= 4 is 39.6 Å². The van der Waals surface area contributed by atoms with E-state index in [1.807, 2.05) is 0 Å².